The predicted molar refractivity (Wildman–Crippen MR) is 112 cm³/mol. The van der Waals surface area contributed by atoms with Crippen molar-refractivity contribution in [2.75, 3.05) is 20.2 Å². The highest BCUT2D eigenvalue weighted by atomic mass is 16.5. The van der Waals surface area contributed by atoms with Crippen molar-refractivity contribution in [1.29, 1.82) is 0 Å². The van der Waals surface area contributed by atoms with E-state index in [2.05, 4.69) is 67.9 Å². The van der Waals surface area contributed by atoms with Crippen LogP contribution < -0.4 is 10.6 Å². The maximum absolute atomic E-state index is 5.49. The largest absolute Gasteiger partial charge is 0.371 e. The molecule has 2 aromatic rings. The molecule has 1 aliphatic rings. The zero-order valence-electron chi connectivity index (χ0n) is 17.8. The zero-order chi connectivity index (χ0) is 20.6. The van der Waals surface area contributed by atoms with Crippen LogP contribution in [-0.2, 0) is 17.8 Å². The first kappa shape index (κ1) is 21.3. The van der Waals surface area contributed by atoms with Crippen LogP contribution >= 0.6 is 0 Å². The van der Waals surface area contributed by atoms with Gasteiger partial charge < -0.3 is 19.9 Å². The zero-order valence-corrected chi connectivity index (χ0v) is 17.8. The van der Waals surface area contributed by atoms with Crippen LogP contribution in [0, 0.1) is 0 Å². The molecule has 3 rings (SSSR count). The molecule has 158 valence electrons. The summed E-state index contributed by atoms with van der Waals surface area (Å²) < 4.78 is 10.8. The second-order valence-electron chi connectivity index (χ2n) is 7.41. The highest BCUT2D eigenvalue weighted by Crippen LogP contribution is 2.20. The number of guanidine groups is 1. The molecule has 1 aromatic heterocycles. The minimum atomic E-state index is -0.175. The highest BCUT2D eigenvalue weighted by molar-refractivity contribution is 5.79. The standard InChI is InChI=1S/C21H32N6O2/c1-5-28-16(3)20-25-19(29-26-20)12-23-21(22-4)24-18-11-15(2)27(14-18)13-17-9-7-6-8-10-17/h6-10,15-16,18H,5,11-14H2,1-4H3,(H2,22,23,24). The normalized spacial score (nSPS) is 21.3. The van der Waals surface area contributed by atoms with E-state index in [0.717, 1.165) is 25.5 Å². The number of hydrogen-bond acceptors (Lipinski definition) is 6. The van der Waals surface area contributed by atoms with Crippen LogP contribution in [0.2, 0.25) is 0 Å². The Morgan fingerprint density at radius 3 is 2.90 bits per heavy atom. The number of aliphatic imine (C=N–C) groups is 1. The lowest BCUT2D eigenvalue weighted by Gasteiger charge is -2.21. The van der Waals surface area contributed by atoms with E-state index < -0.39 is 0 Å². The Bertz CT molecular complexity index is 778. The Balaban J connectivity index is 1.48. The molecule has 0 bridgehead atoms. The molecule has 29 heavy (non-hydrogen) atoms. The molecular weight excluding hydrogens is 368 g/mol. The first-order valence-corrected chi connectivity index (χ1v) is 10.3. The van der Waals surface area contributed by atoms with Crippen LogP contribution in [0.5, 0.6) is 0 Å². The van der Waals surface area contributed by atoms with Gasteiger partial charge in [-0.3, -0.25) is 9.89 Å². The topological polar surface area (TPSA) is 87.8 Å². The number of likely N-dealkylation sites (tertiary alicyclic amines) is 1. The third kappa shape index (κ3) is 6.01. The average molecular weight is 401 g/mol. The van der Waals surface area contributed by atoms with E-state index in [1.54, 1.807) is 7.05 Å². The molecule has 1 fully saturated rings. The summed E-state index contributed by atoms with van der Waals surface area (Å²) in [6, 6.07) is 11.5. The fourth-order valence-corrected chi connectivity index (χ4v) is 3.62. The maximum Gasteiger partial charge on any atom is 0.246 e. The molecule has 0 spiro atoms. The third-order valence-electron chi connectivity index (χ3n) is 5.17. The second kappa shape index (κ2) is 10.4. The lowest BCUT2D eigenvalue weighted by atomic mass is 10.2. The van der Waals surface area contributed by atoms with Gasteiger partial charge in [0.1, 0.15) is 6.10 Å². The average Bonchev–Trinajstić information content (AvgIpc) is 3.33. The number of hydrogen-bond donors (Lipinski definition) is 2. The minimum Gasteiger partial charge on any atom is -0.371 e. The lowest BCUT2D eigenvalue weighted by molar-refractivity contribution is 0.0683. The van der Waals surface area contributed by atoms with Crippen LogP contribution in [0.1, 0.15) is 50.6 Å². The van der Waals surface area contributed by atoms with Gasteiger partial charge in [0.25, 0.3) is 0 Å². The summed E-state index contributed by atoms with van der Waals surface area (Å²) in [7, 11) is 1.77. The third-order valence-corrected chi connectivity index (χ3v) is 5.17. The van der Waals surface area contributed by atoms with Gasteiger partial charge in [0.2, 0.25) is 5.89 Å². The van der Waals surface area contributed by atoms with E-state index in [1.807, 2.05) is 13.8 Å². The Kier molecular flexibility index (Phi) is 7.60. The summed E-state index contributed by atoms with van der Waals surface area (Å²) in [5.74, 6) is 1.81. The molecule has 0 aliphatic carbocycles. The van der Waals surface area contributed by atoms with Crippen LogP contribution in [0.25, 0.3) is 0 Å². The number of nitrogens with one attached hydrogen (secondary N) is 2. The Hall–Kier alpha value is -2.45. The predicted octanol–water partition coefficient (Wildman–Crippen LogP) is 2.50. The molecule has 8 heteroatoms. The Morgan fingerprint density at radius 2 is 2.17 bits per heavy atom. The molecule has 1 aliphatic heterocycles. The van der Waals surface area contributed by atoms with Crippen LogP contribution in [0.3, 0.4) is 0 Å². The van der Waals surface area contributed by atoms with Crippen molar-refractivity contribution in [1.82, 2.24) is 25.7 Å². The first-order valence-electron chi connectivity index (χ1n) is 10.3. The van der Waals surface area contributed by atoms with Gasteiger partial charge in [0.05, 0.1) is 6.54 Å². The van der Waals surface area contributed by atoms with Gasteiger partial charge in [-0.05, 0) is 32.8 Å². The van der Waals surface area contributed by atoms with Gasteiger partial charge >= 0.3 is 0 Å². The molecule has 3 unspecified atom stereocenters. The van der Waals surface area contributed by atoms with E-state index in [1.165, 1.54) is 5.56 Å². The van der Waals surface area contributed by atoms with Gasteiger partial charge in [-0.2, -0.15) is 4.98 Å². The molecule has 8 nitrogen and oxygen atoms in total. The molecule has 1 saturated heterocycles. The highest BCUT2D eigenvalue weighted by Gasteiger charge is 2.29. The smallest absolute Gasteiger partial charge is 0.246 e. The van der Waals surface area contributed by atoms with Crippen LogP contribution in [0.15, 0.2) is 39.8 Å². The molecule has 1 aromatic carbocycles. The quantitative estimate of drug-likeness (QED) is 0.520. The minimum absolute atomic E-state index is 0.175. The van der Waals surface area contributed by atoms with Gasteiger partial charge in [-0.25, -0.2) is 0 Å². The molecule has 2 N–H and O–H groups in total. The molecule has 0 saturated carbocycles. The monoisotopic (exact) mass is 400 g/mol. The van der Waals surface area contributed by atoms with Crippen molar-refractivity contribution in [2.24, 2.45) is 4.99 Å². The second-order valence-corrected chi connectivity index (χ2v) is 7.41. The summed E-state index contributed by atoms with van der Waals surface area (Å²) >= 11 is 0. The number of aromatic nitrogens is 2. The van der Waals surface area contributed by atoms with E-state index in [0.29, 0.717) is 37.0 Å². The van der Waals surface area contributed by atoms with E-state index in [4.69, 9.17) is 9.26 Å². The van der Waals surface area contributed by atoms with Crippen LogP contribution in [-0.4, -0.2) is 53.3 Å². The summed E-state index contributed by atoms with van der Waals surface area (Å²) in [5.41, 5.74) is 1.34. The number of benzene rings is 1. The van der Waals surface area contributed by atoms with Crippen molar-refractivity contribution in [3.8, 4) is 0 Å². The molecule has 0 amide bonds. The van der Waals surface area contributed by atoms with Crippen LogP contribution in [0.4, 0.5) is 0 Å². The van der Waals surface area contributed by atoms with Crippen molar-refractivity contribution < 1.29 is 9.26 Å². The Labute approximate surface area is 172 Å². The SMILES string of the molecule is CCOC(C)c1noc(CNC(=NC)NC2CC(C)N(Cc3ccccc3)C2)n1. The van der Waals surface area contributed by atoms with Gasteiger partial charge in [-0.15, -0.1) is 0 Å². The van der Waals surface area contributed by atoms with Gasteiger partial charge in [0, 0.05) is 38.8 Å². The molecular formula is C21H32N6O2. The van der Waals surface area contributed by atoms with Crippen molar-refractivity contribution >= 4 is 5.96 Å². The summed E-state index contributed by atoms with van der Waals surface area (Å²) in [6.07, 6.45) is 0.898. The lowest BCUT2D eigenvalue weighted by Crippen LogP contribution is -2.44. The number of ether oxygens (including phenoxy) is 1. The van der Waals surface area contributed by atoms with Gasteiger partial charge in [0.15, 0.2) is 11.8 Å². The summed E-state index contributed by atoms with van der Waals surface area (Å²) in [6.45, 7) is 9.11. The molecule has 0 radical (unpaired) electrons. The summed E-state index contributed by atoms with van der Waals surface area (Å²) in [5, 5.41) is 10.8. The molecule has 3 atom stereocenters. The van der Waals surface area contributed by atoms with Gasteiger partial charge in [-0.1, -0.05) is 35.5 Å². The molecule has 2 heterocycles. The summed E-state index contributed by atoms with van der Waals surface area (Å²) in [4.78, 5) is 11.2. The van der Waals surface area contributed by atoms with E-state index in [-0.39, 0.29) is 6.10 Å². The fraction of sp³-hybridized carbons (Fsp3) is 0.571. The van der Waals surface area contributed by atoms with E-state index >= 15 is 0 Å². The number of nitrogens with zero attached hydrogens (tertiary/aromatic N) is 4. The van der Waals surface area contributed by atoms with E-state index in [9.17, 15) is 0 Å². The van der Waals surface area contributed by atoms with Crippen molar-refractivity contribution in [3.63, 3.8) is 0 Å². The number of rotatable bonds is 8. The van der Waals surface area contributed by atoms with Crippen molar-refractivity contribution in [3.05, 3.63) is 47.6 Å². The maximum atomic E-state index is 5.49. The first-order chi connectivity index (χ1) is 14.1. The Morgan fingerprint density at radius 1 is 1.38 bits per heavy atom. The van der Waals surface area contributed by atoms with Crippen molar-refractivity contribution in [2.45, 2.75) is 58.5 Å². The fourth-order valence-electron chi connectivity index (χ4n) is 3.62.